The first-order chi connectivity index (χ1) is 8.25. The zero-order chi connectivity index (χ0) is 13.9. The van der Waals surface area contributed by atoms with Crippen molar-refractivity contribution in [3.05, 3.63) is 34.9 Å². The van der Waals surface area contributed by atoms with Gasteiger partial charge in [-0.25, -0.2) is 4.79 Å². The molecule has 0 aliphatic carbocycles. The number of nitrogens with zero attached hydrogens (tertiary/aromatic N) is 1. The molecule has 1 aromatic rings. The molecule has 0 heterocycles. The Kier molecular flexibility index (Phi) is 4.35. The molecular formula is C13H16ClNO3. The molecule has 1 N–H and O–H groups in total. The second-order valence-corrected chi connectivity index (χ2v) is 5.06. The van der Waals surface area contributed by atoms with Crippen molar-refractivity contribution in [3.63, 3.8) is 0 Å². The Morgan fingerprint density at radius 3 is 2.50 bits per heavy atom. The fourth-order valence-corrected chi connectivity index (χ4v) is 1.61. The van der Waals surface area contributed by atoms with Gasteiger partial charge in [0.25, 0.3) is 0 Å². The van der Waals surface area contributed by atoms with Gasteiger partial charge < -0.3 is 10.0 Å². The van der Waals surface area contributed by atoms with Crippen LogP contribution >= 0.6 is 11.6 Å². The minimum Gasteiger partial charge on any atom is -0.480 e. The van der Waals surface area contributed by atoms with E-state index in [9.17, 15) is 9.59 Å². The van der Waals surface area contributed by atoms with Gasteiger partial charge in [-0.1, -0.05) is 23.7 Å². The molecule has 98 valence electrons. The van der Waals surface area contributed by atoms with Crippen LogP contribution in [0.15, 0.2) is 24.3 Å². The minimum absolute atomic E-state index is 0.133. The molecular weight excluding hydrogens is 254 g/mol. The Labute approximate surface area is 111 Å². The average molecular weight is 270 g/mol. The summed E-state index contributed by atoms with van der Waals surface area (Å²) in [5, 5.41) is 9.61. The fourth-order valence-electron chi connectivity index (χ4n) is 1.40. The molecule has 0 fully saturated rings. The molecule has 1 aromatic carbocycles. The number of amides is 1. The number of carbonyl (C=O) groups is 2. The maximum absolute atomic E-state index is 12.0. The van der Waals surface area contributed by atoms with Crippen LogP contribution in [0.2, 0.25) is 5.02 Å². The number of rotatable bonds is 4. The van der Waals surface area contributed by atoms with E-state index < -0.39 is 11.5 Å². The third-order valence-electron chi connectivity index (χ3n) is 2.98. The number of carboxylic acid groups (broad SMARTS) is 1. The Morgan fingerprint density at radius 1 is 1.39 bits per heavy atom. The van der Waals surface area contributed by atoms with E-state index in [1.165, 1.54) is 25.8 Å². The predicted molar refractivity (Wildman–Crippen MR) is 69.6 cm³/mol. The summed E-state index contributed by atoms with van der Waals surface area (Å²) >= 11 is 5.83. The van der Waals surface area contributed by atoms with Crippen molar-refractivity contribution in [2.75, 3.05) is 7.05 Å². The molecule has 0 aromatic heterocycles. The average Bonchev–Trinajstić information content (AvgIpc) is 2.27. The zero-order valence-electron chi connectivity index (χ0n) is 10.6. The van der Waals surface area contributed by atoms with Gasteiger partial charge in [-0.3, -0.25) is 4.79 Å². The van der Waals surface area contributed by atoms with E-state index in [1.54, 1.807) is 24.3 Å². The summed E-state index contributed by atoms with van der Waals surface area (Å²) in [6.45, 7) is 2.98. The molecule has 0 spiro atoms. The van der Waals surface area contributed by atoms with Gasteiger partial charge in [0, 0.05) is 12.1 Å². The van der Waals surface area contributed by atoms with Crippen LogP contribution in [0.5, 0.6) is 0 Å². The van der Waals surface area contributed by atoms with E-state index in [-0.39, 0.29) is 12.3 Å². The van der Waals surface area contributed by atoms with Crippen LogP contribution in [0, 0.1) is 0 Å². The van der Waals surface area contributed by atoms with Gasteiger partial charge in [-0.05, 0) is 31.5 Å². The molecule has 18 heavy (non-hydrogen) atoms. The molecule has 0 saturated heterocycles. The second-order valence-electron chi connectivity index (χ2n) is 4.62. The first-order valence-corrected chi connectivity index (χ1v) is 5.87. The number of hydrogen-bond donors (Lipinski definition) is 1. The lowest BCUT2D eigenvalue weighted by Crippen LogP contribution is -2.51. The summed E-state index contributed by atoms with van der Waals surface area (Å²) in [7, 11) is 1.49. The van der Waals surface area contributed by atoms with E-state index in [0.717, 1.165) is 5.56 Å². The number of halogens is 1. The Morgan fingerprint density at radius 2 is 2.00 bits per heavy atom. The lowest BCUT2D eigenvalue weighted by molar-refractivity contribution is -0.155. The van der Waals surface area contributed by atoms with E-state index in [0.29, 0.717) is 5.02 Å². The summed E-state index contributed by atoms with van der Waals surface area (Å²) in [6.07, 6.45) is 0.133. The van der Waals surface area contributed by atoms with Crippen LogP contribution in [0.1, 0.15) is 19.4 Å². The molecule has 0 saturated carbocycles. The van der Waals surface area contributed by atoms with Gasteiger partial charge in [0.15, 0.2) is 0 Å². The van der Waals surface area contributed by atoms with Gasteiger partial charge >= 0.3 is 5.97 Å². The molecule has 1 rings (SSSR count). The summed E-state index contributed by atoms with van der Waals surface area (Å²) < 4.78 is 0. The van der Waals surface area contributed by atoms with E-state index in [4.69, 9.17) is 16.7 Å². The van der Waals surface area contributed by atoms with Gasteiger partial charge in [0.05, 0.1) is 6.42 Å². The van der Waals surface area contributed by atoms with E-state index >= 15 is 0 Å². The zero-order valence-corrected chi connectivity index (χ0v) is 11.4. The van der Waals surface area contributed by atoms with Crippen molar-refractivity contribution in [2.45, 2.75) is 25.8 Å². The highest BCUT2D eigenvalue weighted by atomic mass is 35.5. The van der Waals surface area contributed by atoms with Gasteiger partial charge in [0.1, 0.15) is 5.54 Å². The molecule has 1 amide bonds. The Balaban J connectivity index is 2.80. The molecule has 0 atom stereocenters. The quantitative estimate of drug-likeness (QED) is 0.912. The number of benzene rings is 1. The molecule has 0 bridgehead atoms. The minimum atomic E-state index is -1.23. The first kappa shape index (κ1) is 14.5. The fraction of sp³-hybridized carbons (Fsp3) is 0.385. The van der Waals surface area contributed by atoms with Crippen molar-refractivity contribution < 1.29 is 14.7 Å². The molecule has 0 aliphatic rings. The normalized spacial score (nSPS) is 11.1. The maximum atomic E-state index is 12.0. The van der Waals surface area contributed by atoms with Crippen LogP contribution < -0.4 is 0 Å². The van der Waals surface area contributed by atoms with Gasteiger partial charge in [-0.2, -0.15) is 0 Å². The molecule has 4 nitrogen and oxygen atoms in total. The predicted octanol–water partition coefficient (Wildman–Crippen LogP) is 2.20. The molecule has 0 aliphatic heterocycles. The Bertz CT molecular complexity index is 471. The van der Waals surface area contributed by atoms with Crippen molar-refractivity contribution >= 4 is 23.5 Å². The molecule has 0 radical (unpaired) electrons. The highest BCUT2D eigenvalue weighted by Crippen LogP contribution is 2.16. The second kappa shape index (κ2) is 5.40. The van der Waals surface area contributed by atoms with Crippen molar-refractivity contribution in [1.82, 2.24) is 4.90 Å². The van der Waals surface area contributed by atoms with Crippen molar-refractivity contribution in [3.8, 4) is 0 Å². The smallest absolute Gasteiger partial charge is 0.329 e. The lowest BCUT2D eigenvalue weighted by Gasteiger charge is -2.31. The number of carbonyl (C=O) groups excluding carboxylic acids is 1. The summed E-state index contributed by atoms with van der Waals surface area (Å²) in [6, 6.07) is 6.96. The summed E-state index contributed by atoms with van der Waals surface area (Å²) in [4.78, 5) is 24.3. The summed E-state index contributed by atoms with van der Waals surface area (Å²) in [5.74, 6) is -1.30. The van der Waals surface area contributed by atoms with Crippen molar-refractivity contribution in [2.24, 2.45) is 0 Å². The number of aliphatic carboxylic acids is 1. The number of hydrogen-bond acceptors (Lipinski definition) is 2. The third kappa shape index (κ3) is 3.23. The molecule has 0 unspecified atom stereocenters. The van der Waals surface area contributed by atoms with Crippen molar-refractivity contribution in [1.29, 1.82) is 0 Å². The first-order valence-electron chi connectivity index (χ1n) is 5.49. The maximum Gasteiger partial charge on any atom is 0.329 e. The van der Waals surface area contributed by atoms with Crippen LogP contribution in [0.25, 0.3) is 0 Å². The highest BCUT2D eigenvalue weighted by Gasteiger charge is 2.34. The highest BCUT2D eigenvalue weighted by molar-refractivity contribution is 6.30. The van der Waals surface area contributed by atoms with E-state index in [2.05, 4.69) is 0 Å². The SMILES string of the molecule is CN(C(=O)Cc1cccc(Cl)c1)C(C)(C)C(=O)O. The monoisotopic (exact) mass is 269 g/mol. The standard InChI is InChI=1S/C13H16ClNO3/c1-13(2,12(17)18)15(3)11(16)8-9-5-4-6-10(14)7-9/h4-7H,8H2,1-3H3,(H,17,18). The Hall–Kier alpha value is -1.55. The molecule has 5 heteroatoms. The third-order valence-corrected chi connectivity index (χ3v) is 3.22. The van der Waals surface area contributed by atoms with Crippen LogP contribution in [-0.4, -0.2) is 34.5 Å². The van der Waals surface area contributed by atoms with Crippen LogP contribution in [0.4, 0.5) is 0 Å². The van der Waals surface area contributed by atoms with Crippen LogP contribution in [0.3, 0.4) is 0 Å². The number of likely N-dealkylation sites (N-methyl/N-ethyl adjacent to an activating group) is 1. The topological polar surface area (TPSA) is 57.6 Å². The lowest BCUT2D eigenvalue weighted by atomic mass is 10.0. The largest absolute Gasteiger partial charge is 0.480 e. The van der Waals surface area contributed by atoms with Crippen LogP contribution in [-0.2, 0) is 16.0 Å². The number of carboxylic acids is 1. The van der Waals surface area contributed by atoms with E-state index in [1.807, 2.05) is 0 Å². The van der Waals surface area contributed by atoms with Gasteiger partial charge in [0.2, 0.25) is 5.91 Å². The summed E-state index contributed by atoms with van der Waals surface area (Å²) in [5.41, 5.74) is -0.462. The van der Waals surface area contributed by atoms with Gasteiger partial charge in [-0.15, -0.1) is 0 Å².